The van der Waals surface area contributed by atoms with Gasteiger partial charge in [-0.2, -0.15) is 0 Å². The minimum Gasteiger partial charge on any atom is -0.459 e. The van der Waals surface area contributed by atoms with Crippen LogP contribution in [0.15, 0.2) is 28.7 Å². The second-order valence-electron chi connectivity index (χ2n) is 4.20. The van der Waals surface area contributed by atoms with Crippen molar-refractivity contribution in [2.24, 2.45) is 5.84 Å². The number of nitrogens with two attached hydrogens (primary N) is 1. The number of furan rings is 1. The van der Waals surface area contributed by atoms with Crippen LogP contribution in [0.1, 0.15) is 23.0 Å². The van der Waals surface area contributed by atoms with Crippen molar-refractivity contribution in [3.8, 4) is 0 Å². The highest BCUT2D eigenvalue weighted by atomic mass is 16.3. The molecule has 18 heavy (non-hydrogen) atoms. The first-order valence-electron chi connectivity index (χ1n) is 5.87. The zero-order chi connectivity index (χ0) is 13.1. The van der Waals surface area contributed by atoms with E-state index in [4.69, 9.17) is 10.3 Å². The predicted molar refractivity (Wildman–Crippen MR) is 69.9 cm³/mol. The molecule has 5 heteroatoms. The lowest BCUT2D eigenvalue weighted by Gasteiger charge is -2.12. The van der Waals surface area contributed by atoms with E-state index >= 15 is 0 Å². The number of carbonyl (C=O) groups excluding carboxylic acids is 1. The van der Waals surface area contributed by atoms with Gasteiger partial charge >= 0.3 is 0 Å². The van der Waals surface area contributed by atoms with Gasteiger partial charge in [0, 0.05) is 5.39 Å². The molecule has 1 heterocycles. The van der Waals surface area contributed by atoms with E-state index in [0.29, 0.717) is 23.5 Å². The van der Waals surface area contributed by atoms with Gasteiger partial charge in [-0.15, -0.1) is 0 Å². The highest BCUT2D eigenvalue weighted by Crippen LogP contribution is 2.26. The number of para-hydroxylation sites is 1. The Morgan fingerprint density at radius 1 is 1.44 bits per heavy atom. The molecular weight excluding hydrogens is 230 g/mol. The van der Waals surface area contributed by atoms with Crippen LogP contribution in [0.5, 0.6) is 0 Å². The van der Waals surface area contributed by atoms with E-state index in [9.17, 15) is 4.79 Å². The molecule has 1 aromatic carbocycles. The van der Waals surface area contributed by atoms with E-state index in [2.05, 4.69) is 10.3 Å². The van der Waals surface area contributed by atoms with E-state index in [0.717, 1.165) is 11.9 Å². The third kappa shape index (κ3) is 2.23. The number of hydrazine groups is 1. The first-order valence-corrected chi connectivity index (χ1v) is 5.87. The lowest BCUT2D eigenvalue weighted by Crippen LogP contribution is -2.31. The molecule has 0 saturated heterocycles. The van der Waals surface area contributed by atoms with Crippen molar-refractivity contribution in [2.75, 3.05) is 13.6 Å². The Labute approximate surface area is 106 Å². The number of nitrogens with zero attached hydrogens (tertiary/aromatic N) is 1. The lowest BCUT2D eigenvalue weighted by atomic mass is 10.1. The van der Waals surface area contributed by atoms with Crippen molar-refractivity contribution < 1.29 is 9.21 Å². The summed E-state index contributed by atoms with van der Waals surface area (Å²) >= 11 is 0. The Morgan fingerprint density at radius 3 is 2.83 bits per heavy atom. The summed E-state index contributed by atoms with van der Waals surface area (Å²) in [4.78, 5) is 13.9. The third-order valence-electron chi connectivity index (χ3n) is 2.98. The highest BCUT2D eigenvalue weighted by molar-refractivity contribution is 6.07. The van der Waals surface area contributed by atoms with Gasteiger partial charge < -0.3 is 4.42 Å². The molecular formula is C13H17N3O2. The summed E-state index contributed by atoms with van der Waals surface area (Å²) in [5, 5.41) is 0.792. The molecule has 3 N–H and O–H groups in total. The number of nitrogen functional groups attached to an aromatic ring is 1. The van der Waals surface area contributed by atoms with E-state index in [1.165, 1.54) is 0 Å². The number of carbonyl (C=O) groups is 1. The van der Waals surface area contributed by atoms with E-state index in [-0.39, 0.29) is 5.91 Å². The second kappa shape index (κ2) is 5.20. The molecule has 2 aromatic rings. The fourth-order valence-corrected chi connectivity index (χ4v) is 1.89. The molecule has 0 bridgehead atoms. The molecule has 0 aliphatic rings. The van der Waals surface area contributed by atoms with Crippen LogP contribution in [0, 0.1) is 0 Å². The zero-order valence-corrected chi connectivity index (χ0v) is 10.6. The summed E-state index contributed by atoms with van der Waals surface area (Å²) in [6, 6.07) is 7.46. The maximum Gasteiger partial charge on any atom is 0.269 e. The Bertz CT molecular complexity index is 562. The van der Waals surface area contributed by atoms with Crippen LogP contribution in [-0.4, -0.2) is 24.4 Å². The van der Waals surface area contributed by atoms with Crippen molar-refractivity contribution >= 4 is 16.9 Å². The van der Waals surface area contributed by atoms with Crippen LogP contribution in [0.2, 0.25) is 0 Å². The van der Waals surface area contributed by atoms with Gasteiger partial charge in [-0.25, -0.2) is 5.84 Å². The van der Waals surface area contributed by atoms with E-state index in [1.54, 1.807) is 0 Å². The summed E-state index contributed by atoms with van der Waals surface area (Å²) in [5.41, 5.74) is 3.40. The fourth-order valence-electron chi connectivity index (χ4n) is 1.89. The van der Waals surface area contributed by atoms with Gasteiger partial charge in [0.1, 0.15) is 11.3 Å². The molecule has 0 radical (unpaired) electrons. The molecule has 0 aliphatic carbocycles. The fraction of sp³-hybridized carbons (Fsp3) is 0.308. The van der Waals surface area contributed by atoms with Crippen LogP contribution in [0.3, 0.4) is 0 Å². The molecule has 0 aliphatic heterocycles. The Morgan fingerprint density at radius 2 is 2.17 bits per heavy atom. The van der Waals surface area contributed by atoms with E-state index in [1.807, 2.05) is 38.2 Å². The molecule has 0 unspecified atom stereocenters. The first kappa shape index (κ1) is 12.6. The van der Waals surface area contributed by atoms with Gasteiger partial charge in [-0.1, -0.05) is 25.1 Å². The number of rotatable bonds is 4. The summed E-state index contributed by atoms with van der Waals surface area (Å²) in [6.45, 7) is 3.50. The highest BCUT2D eigenvalue weighted by Gasteiger charge is 2.20. The quantitative estimate of drug-likeness (QED) is 0.488. The predicted octanol–water partition coefficient (Wildman–Crippen LogP) is 1.49. The number of fused-ring (bicyclic) bond motifs is 1. The molecule has 0 fully saturated rings. The molecule has 0 atom stereocenters. The van der Waals surface area contributed by atoms with E-state index < -0.39 is 0 Å². The van der Waals surface area contributed by atoms with Crippen LogP contribution >= 0.6 is 0 Å². The van der Waals surface area contributed by atoms with Gasteiger partial charge in [0.15, 0.2) is 0 Å². The molecule has 96 valence electrons. The van der Waals surface area contributed by atoms with Crippen molar-refractivity contribution in [3.63, 3.8) is 0 Å². The SMILES string of the molecule is CCN(C)Cc1oc2ccccc2c1C(=O)NN. The minimum atomic E-state index is -0.320. The average molecular weight is 247 g/mol. The van der Waals surface area contributed by atoms with Crippen molar-refractivity contribution in [3.05, 3.63) is 35.6 Å². The van der Waals surface area contributed by atoms with Crippen LogP contribution in [0.4, 0.5) is 0 Å². The largest absolute Gasteiger partial charge is 0.459 e. The first-order chi connectivity index (χ1) is 8.67. The van der Waals surface area contributed by atoms with Gasteiger partial charge in [0.2, 0.25) is 0 Å². The maximum absolute atomic E-state index is 11.9. The van der Waals surface area contributed by atoms with Crippen LogP contribution in [-0.2, 0) is 6.54 Å². The monoisotopic (exact) mass is 247 g/mol. The van der Waals surface area contributed by atoms with Gasteiger partial charge in [-0.3, -0.25) is 15.1 Å². The summed E-state index contributed by atoms with van der Waals surface area (Å²) in [6.07, 6.45) is 0. The molecule has 1 amide bonds. The van der Waals surface area contributed by atoms with Gasteiger partial charge in [0.25, 0.3) is 5.91 Å². The standard InChI is InChI=1S/C13H17N3O2/c1-3-16(2)8-11-12(13(17)15-14)9-6-4-5-7-10(9)18-11/h4-7H,3,8,14H2,1-2H3,(H,15,17). The number of amides is 1. The smallest absolute Gasteiger partial charge is 0.269 e. The Kier molecular flexibility index (Phi) is 3.64. The molecule has 1 aromatic heterocycles. The maximum atomic E-state index is 11.9. The van der Waals surface area contributed by atoms with Gasteiger partial charge in [-0.05, 0) is 19.7 Å². The number of benzene rings is 1. The number of hydrogen-bond donors (Lipinski definition) is 2. The molecule has 5 nitrogen and oxygen atoms in total. The average Bonchev–Trinajstić information content (AvgIpc) is 2.75. The lowest BCUT2D eigenvalue weighted by molar-refractivity contribution is 0.0952. The van der Waals surface area contributed by atoms with Crippen molar-refractivity contribution in [2.45, 2.75) is 13.5 Å². The minimum absolute atomic E-state index is 0.320. The second-order valence-corrected chi connectivity index (χ2v) is 4.20. The zero-order valence-electron chi connectivity index (χ0n) is 10.6. The van der Waals surface area contributed by atoms with Gasteiger partial charge in [0.05, 0.1) is 12.1 Å². The van der Waals surface area contributed by atoms with Crippen LogP contribution in [0.25, 0.3) is 11.0 Å². The summed E-state index contributed by atoms with van der Waals surface area (Å²) in [5.74, 6) is 5.55. The summed E-state index contributed by atoms with van der Waals surface area (Å²) in [7, 11) is 1.97. The topological polar surface area (TPSA) is 71.5 Å². The Balaban J connectivity index is 2.53. The normalized spacial score (nSPS) is 11.1. The molecule has 0 spiro atoms. The third-order valence-corrected chi connectivity index (χ3v) is 2.98. The molecule has 0 saturated carbocycles. The van der Waals surface area contributed by atoms with Crippen LogP contribution < -0.4 is 11.3 Å². The van der Waals surface area contributed by atoms with Crippen molar-refractivity contribution in [1.29, 1.82) is 0 Å². The molecule has 2 rings (SSSR count). The Hall–Kier alpha value is -1.85. The van der Waals surface area contributed by atoms with Crippen molar-refractivity contribution in [1.82, 2.24) is 10.3 Å². The summed E-state index contributed by atoms with van der Waals surface area (Å²) < 4.78 is 5.74. The number of hydrogen-bond acceptors (Lipinski definition) is 4. The number of nitrogens with one attached hydrogen (secondary N) is 1.